The molecule has 2 aromatic carbocycles. The van der Waals surface area contributed by atoms with E-state index in [9.17, 15) is 19.8 Å². The summed E-state index contributed by atoms with van der Waals surface area (Å²) in [6.45, 7) is -0.199. The van der Waals surface area contributed by atoms with E-state index >= 15 is 0 Å². The van der Waals surface area contributed by atoms with Crippen LogP contribution in [-0.4, -0.2) is 42.0 Å². The van der Waals surface area contributed by atoms with Gasteiger partial charge < -0.3 is 30.7 Å². The number of alkyl carbamates (subject to hydrolysis) is 1. The lowest BCUT2D eigenvalue weighted by atomic mass is 9.98. The fraction of sp³-hybridized carbons (Fsp3) is 0.263. The van der Waals surface area contributed by atoms with Crippen molar-refractivity contribution in [2.24, 2.45) is 0 Å². The highest BCUT2D eigenvalue weighted by Crippen LogP contribution is 2.24. The van der Waals surface area contributed by atoms with E-state index in [0.29, 0.717) is 5.69 Å². The lowest BCUT2D eigenvalue weighted by Crippen LogP contribution is -2.36. The van der Waals surface area contributed by atoms with Crippen molar-refractivity contribution in [1.82, 2.24) is 5.32 Å². The van der Waals surface area contributed by atoms with Crippen LogP contribution in [0.15, 0.2) is 48.5 Å². The van der Waals surface area contributed by atoms with Crippen molar-refractivity contribution in [2.45, 2.75) is 18.8 Å². The normalized spacial score (nSPS) is 12.7. The summed E-state index contributed by atoms with van der Waals surface area (Å²) < 4.78 is 9.68. The van der Waals surface area contributed by atoms with Gasteiger partial charge in [-0.05, 0) is 23.3 Å². The van der Waals surface area contributed by atoms with Crippen molar-refractivity contribution in [3.05, 3.63) is 65.2 Å². The molecule has 2 atom stereocenters. The monoisotopic (exact) mass is 374 g/mol. The van der Waals surface area contributed by atoms with Gasteiger partial charge in [-0.25, -0.2) is 9.59 Å². The molecule has 0 bridgehead atoms. The number of nitrogens with two attached hydrogens (primary N) is 1. The maximum Gasteiger partial charge on any atom is 0.407 e. The number of benzene rings is 2. The van der Waals surface area contributed by atoms with Gasteiger partial charge in [0.25, 0.3) is 0 Å². The van der Waals surface area contributed by atoms with Crippen molar-refractivity contribution in [1.29, 1.82) is 0 Å². The summed E-state index contributed by atoms with van der Waals surface area (Å²) in [5.41, 5.74) is 6.96. The van der Waals surface area contributed by atoms with Gasteiger partial charge in [0.05, 0.1) is 12.7 Å². The molecule has 144 valence electrons. The van der Waals surface area contributed by atoms with Crippen molar-refractivity contribution in [3.8, 4) is 0 Å². The third kappa shape index (κ3) is 5.70. The molecule has 1 amide bonds. The third-order valence-electron chi connectivity index (χ3n) is 3.83. The molecule has 0 saturated carbocycles. The number of nitrogen functional groups attached to an aromatic ring is 1. The van der Waals surface area contributed by atoms with Crippen LogP contribution in [0.1, 0.15) is 27.6 Å². The molecule has 2 aromatic rings. The Morgan fingerprint density at radius 3 is 2.52 bits per heavy atom. The van der Waals surface area contributed by atoms with Crippen molar-refractivity contribution < 1.29 is 29.3 Å². The molecule has 0 aromatic heterocycles. The lowest BCUT2D eigenvalue weighted by molar-refractivity contribution is 0.0171. The molecule has 27 heavy (non-hydrogen) atoms. The Labute approximate surface area is 156 Å². The Hall–Kier alpha value is -3.10. The van der Waals surface area contributed by atoms with Crippen molar-refractivity contribution in [3.63, 3.8) is 0 Å². The first-order valence-corrected chi connectivity index (χ1v) is 8.20. The zero-order chi connectivity index (χ0) is 19.8. The Morgan fingerprint density at radius 2 is 1.85 bits per heavy atom. The van der Waals surface area contributed by atoms with E-state index in [1.54, 1.807) is 12.1 Å². The largest absolute Gasteiger partial charge is 0.465 e. The van der Waals surface area contributed by atoms with Crippen LogP contribution in [0, 0.1) is 0 Å². The van der Waals surface area contributed by atoms with Crippen LogP contribution in [0.4, 0.5) is 10.5 Å². The number of methoxy groups -OCH3 is 1. The predicted molar refractivity (Wildman–Crippen MR) is 97.8 cm³/mol. The molecule has 0 heterocycles. The first-order chi connectivity index (χ1) is 12.9. The summed E-state index contributed by atoms with van der Waals surface area (Å²) in [6, 6.07) is 13.4. The first-order valence-electron chi connectivity index (χ1n) is 8.20. The molecule has 2 unspecified atom stereocenters. The minimum absolute atomic E-state index is 0.0377. The molecule has 0 aliphatic rings. The van der Waals surface area contributed by atoms with E-state index < -0.39 is 24.3 Å². The van der Waals surface area contributed by atoms with Crippen molar-refractivity contribution >= 4 is 17.7 Å². The number of nitrogens with one attached hydrogen (secondary N) is 1. The standard InChI is InChI=1S/C19H22N2O6/c1-26-18(24)15-9-13(20)7-8-14(15)17(23)16(22)10-21-19(25)27-11-12-5-3-2-4-6-12/h2-9,16-17,22-23H,10-11,20H2,1H3,(H,21,25). The Bertz CT molecular complexity index is 781. The zero-order valence-electron chi connectivity index (χ0n) is 14.8. The molecule has 0 aliphatic carbocycles. The molecule has 2 rings (SSSR count). The highest BCUT2D eigenvalue weighted by atomic mass is 16.5. The SMILES string of the molecule is COC(=O)c1cc(N)ccc1C(O)C(O)CNC(=O)OCc1ccccc1. The highest BCUT2D eigenvalue weighted by Gasteiger charge is 2.25. The predicted octanol–water partition coefficient (Wildman–Crippen LogP) is 1.38. The number of ether oxygens (including phenoxy) is 2. The zero-order valence-corrected chi connectivity index (χ0v) is 14.8. The number of hydrogen-bond acceptors (Lipinski definition) is 7. The van der Waals surface area contributed by atoms with Gasteiger partial charge in [-0.2, -0.15) is 0 Å². The Morgan fingerprint density at radius 1 is 1.15 bits per heavy atom. The average Bonchev–Trinajstić information content (AvgIpc) is 2.70. The average molecular weight is 374 g/mol. The first kappa shape index (κ1) is 20.2. The number of rotatable bonds is 7. The van der Waals surface area contributed by atoms with Gasteiger partial charge in [0.2, 0.25) is 0 Å². The molecule has 8 heteroatoms. The molecular formula is C19H22N2O6. The van der Waals surface area contributed by atoms with Gasteiger partial charge in [0.1, 0.15) is 18.8 Å². The van der Waals surface area contributed by atoms with E-state index in [4.69, 9.17) is 10.5 Å². The van der Waals surface area contributed by atoms with Crippen LogP contribution in [0.3, 0.4) is 0 Å². The molecule has 8 nitrogen and oxygen atoms in total. The topological polar surface area (TPSA) is 131 Å². The maximum absolute atomic E-state index is 11.8. The van der Waals surface area contributed by atoms with Crippen molar-refractivity contribution in [2.75, 3.05) is 19.4 Å². The van der Waals surface area contributed by atoms with Crippen LogP contribution >= 0.6 is 0 Å². The number of carbonyl (C=O) groups is 2. The summed E-state index contributed by atoms with van der Waals surface area (Å²) in [4.78, 5) is 23.6. The summed E-state index contributed by atoms with van der Waals surface area (Å²) in [5, 5.41) is 22.9. The molecular weight excluding hydrogens is 352 g/mol. The Kier molecular flexibility index (Phi) is 7.16. The highest BCUT2D eigenvalue weighted by molar-refractivity contribution is 5.92. The summed E-state index contributed by atoms with van der Waals surface area (Å²) in [6.07, 6.45) is -3.55. The number of aliphatic hydroxyl groups is 2. The van der Waals surface area contributed by atoms with Crippen LogP contribution in [0.25, 0.3) is 0 Å². The fourth-order valence-electron chi connectivity index (χ4n) is 2.40. The van der Waals surface area contributed by atoms with Crippen LogP contribution in [0.5, 0.6) is 0 Å². The quantitative estimate of drug-likeness (QED) is 0.425. The number of anilines is 1. The molecule has 0 radical (unpaired) electrons. The van der Waals surface area contributed by atoms with Gasteiger partial charge in [-0.15, -0.1) is 0 Å². The van der Waals surface area contributed by atoms with Gasteiger partial charge in [0, 0.05) is 12.2 Å². The number of hydrogen-bond donors (Lipinski definition) is 4. The van der Waals surface area contributed by atoms with E-state index in [1.165, 1.54) is 25.3 Å². The van der Waals surface area contributed by atoms with Crippen LogP contribution in [-0.2, 0) is 16.1 Å². The summed E-state index contributed by atoms with van der Waals surface area (Å²) in [7, 11) is 1.20. The molecule has 0 fully saturated rings. The molecule has 0 spiro atoms. The summed E-state index contributed by atoms with van der Waals surface area (Å²) >= 11 is 0. The fourth-order valence-corrected chi connectivity index (χ4v) is 2.40. The minimum atomic E-state index is -1.44. The number of esters is 1. The number of amides is 1. The lowest BCUT2D eigenvalue weighted by Gasteiger charge is -2.20. The second-order valence-electron chi connectivity index (χ2n) is 5.79. The van der Waals surface area contributed by atoms with Gasteiger partial charge in [0.15, 0.2) is 0 Å². The van der Waals surface area contributed by atoms with E-state index in [-0.39, 0.29) is 24.3 Å². The van der Waals surface area contributed by atoms with Gasteiger partial charge >= 0.3 is 12.1 Å². The van der Waals surface area contributed by atoms with Gasteiger partial charge in [-0.3, -0.25) is 0 Å². The van der Waals surface area contributed by atoms with E-state index in [0.717, 1.165) is 5.56 Å². The number of carbonyl (C=O) groups excluding carboxylic acids is 2. The summed E-state index contributed by atoms with van der Waals surface area (Å²) in [5.74, 6) is -0.696. The molecule has 5 N–H and O–H groups in total. The molecule has 0 aliphatic heterocycles. The molecule has 0 saturated heterocycles. The Balaban J connectivity index is 1.92. The second-order valence-corrected chi connectivity index (χ2v) is 5.79. The second kappa shape index (κ2) is 9.56. The minimum Gasteiger partial charge on any atom is -0.465 e. The van der Waals surface area contributed by atoms with Crippen LogP contribution in [0.2, 0.25) is 0 Å². The third-order valence-corrected chi connectivity index (χ3v) is 3.83. The van der Waals surface area contributed by atoms with Crippen LogP contribution < -0.4 is 11.1 Å². The van der Waals surface area contributed by atoms with Gasteiger partial charge in [-0.1, -0.05) is 36.4 Å². The van der Waals surface area contributed by atoms with E-state index in [2.05, 4.69) is 10.1 Å². The smallest absolute Gasteiger partial charge is 0.407 e. The number of aliphatic hydroxyl groups excluding tert-OH is 2. The van der Waals surface area contributed by atoms with E-state index in [1.807, 2.05) is 18.2 Å². The maximum atomic E-state index is 11.8.